The smallest absolute Gasteiger partial charge is 0.237 e. The predicted molar refractivity (Wildman–Crippen MR) is 58.6 cm³/mol. The second-order valence-corrected chi connectivity index (χ2v) is 4.28. The van der Waals surface area contributed by atoms with Crippen LogP contribution < -0.4 is 5.32 Å². The number of nitrogens with one attached hydrogen (secondary N) is 1. The third-order valence-corrected chi connectivity index (χ3v) is 2.89. The molecule has 0 saturated carbocycles. The lowest BCUT2D eigenvalue weighted by molar-refractivity contribution is -0.133. The Kier molecular flexibility index (Phi) is 4.69. The molecule has 1 saturated heterocycles. The fourth-order valence-electron chi connectivity index (χ4n) is 2.07. The van der Waals surface area contributed by atoms with E-state index in [-0.39, 0.29) is 17.8 Å². The Morgan fingerprint density at radius 3 is 2.50 bits per heavy atom. The summed E-state index contributed by atoms with van der Waals surface area (Å²) in [6.07, 6.45) is 2.08. The molecule has 1 aliphatic heterocycles. The standard InChI is InChI=1S/C10H19ClN2O/c1-8(2)13(10(14)7-11)9-3-5-12-6-4-9/h8-9,12H,3-7H2,1-2H3. The Balaban J connectivity index is 2.60. The minimum atomic E-state index is 0.0635. The third kappa shape index (κ3) is 2.85. The molecule has 1 rings (SSSR count). The van der Waals surface area contributed by atoms with E-state index in [2.05, 4.69) is 5.32 Å². The number of hydrogen-bond donors (Lipinski definition) is 1. The number of halogens is 1. The molecule has 4 heteroatoms. The van der Waals surface area contributed by atoms with Crippen molar-refractivity contribution in [2.45, 2.75) is 38.8 Å². The Labute approximate surface area is 90.8 Å². The normalized spacial score (nSPS) is 18.6. The molecule has 1 fully saturated rings. The number of carbonyl (C=O) groups excluding carboxylic acids is 1. The summed E-state index contributed by atoms with van der Waals surface area (Å²) >= 11 is 5.60. The highest BCUT2D eigenvalue weighted by atomic mass is 35.5. The van der Waals surface area contributed by atoms with Crippen LogP contribution in [0.3, 0.4) is 0 Å². The molecular weight excluding hydrogens is 200 g/mol. The van der Waals surface area contributed by atoms with Crippen molar-refractivity contribution >= 4 is 17.5 Å². The van der Waals surface area contributed by atoms with E-state index in [0.717, 1.165) is 25.9 Å². The number of hydrogen-bond acceptors (Lipinski definition) is 2. The molecule has 1 aliphatic rings. The van der Waals surface area contributed by atoms with Crippen molar-refractivity contribution in [2.75, 3.05) is 19.0 Å². The molecule has 1 N–H and O–H groups in total. The maximum absolute atomic E-state index is 11.6. The van der Waals surface area contributed by atoms with Gasteiger partial charge in [-0.1, -0.05) is 0 Å². The number of amides is 1. The number of nitrogens with zero attached hydrogens (tertiary/aromatic N) is 1. The van der Waals surface area contributed by atoms with E-state index >= 15 is 0 Å². The number of alkyl halides is 1. The summed E-state index contributed by atoms with van der Waals surface area (Å²) in [6, 6.07) is 0.631. The number of rotatable bonds is 3. The zero-order valence-electron chi connectivity index (χ0n) is 8.92. The largest absolute Gasteiger partial charge is 0.336 e. The maximum Gasteiger partial charge on any atom is 0.237 e. The first-order valence-corrected chi connectivity index (χ1v) is 5.78. The highest BCUT2D eigenvalue weighted by Crippen LogP contribution is 2.15. The van der Waals surface area contributed by atoms with Crippen LogP contribution in [0.25, 0.3) is 0 Å². The van der Waals surface area contributed by atoms with Crippen molar-refractivity contribution < 1.29 is 4.79 Å². The summed E-state index contributed by atoms with van der Waals surface area (Å²) in [5.41, 5.74) is 0. The lowest BCUT2D eigenvalue weighted by Gasteiger charge is -2.37. The summed E-state index contributed by atoms with van der Waals surface area (Å²) in [5, 5.41) is 3.29. The van der Waals surface area contributed by atoms with Crippen molar-refractivity contribution in [3.63, 3.8) is 0 Å². The van der Waals surface area contributed by atoms with Crippen molar-refractivity contribution in [3.8, 4) is 0 Å². The first kappa shape index (κ1) is 11.8. The highest BCUT2D eigenvalue weighted by Gasteiger charge is 2.26. The zero-order chi connectivity index (χ0) is 10.6. The molecular formula is C10H19ClN2O. The quantitative estimate of drug-likeness (QED) is 0.723. The van der Waals surface area contributed by atoms with Gasteiger partial charge >= 0.3 is 0 Å². The molecule has 0 aliphatic carbocycles. The molecule has 1 amide bonds. The van der Waals surface area contributed by atoms with Crippen LogP contribution in [0.4, 0.5) is 0 Å². The fraction of sp³-hybridized carbons (Fsp3) is 0.900. The van der Waals surface area contributed by atoms with Gasteiger partial charge in [-0.2, -0.15) is 0 Å². The summed E-state index contributed by atoms with van der Waals surface area (Å²) < 4.78 is 0. The van der Waals surface area contributed by atoms with Gasteiger partial charge in [0.2, 0.25) is 5.91 Å². The Morgan fingerprint density at radius 1 is 1.50 bits per heavy atom. The average Bonchev–Trinajstić information content (AvgIpc) is 2.19. The van der Waals surface area contributed by atoms with Crippen LogP contribution in [0.5, 0.6) is 0 Å². The van der Waals surface area contributed by atoms with Gasteiger partial charge in [-0.15, -0.1) is 11.6 Å². The molecule has 0 radical (unpaired) electrons. The van der Waals surface area contributed by atoms with Gasteiger partial charge in [0.25, 0.3) is 0 Å². The van der Waals surface area contributed by atoms with Gasteiger partial charge in [-0.3, -0.25) is 4.79 Å². The van der Waals surface area contributed by atoms with Gasteiger partial charge in [-0.25, -0.2) is 0 Å². The van der Waals surface area contributed by atoms with Gasteiger partial charge in [0, 0.05) is 12.1 Å². The lowest BCUT2D eigenvalue weighted by atomic mass is 10.0. The van der Waals surface area contributed by atoms with Crippen LogP contribution >= 0.6 is 11.6 Å². The molecule has 0 spiro atoms. The van der Waals surface area contributed by atoms with E-state index in [9.17, 15) is 4.79 Å². The first-order valence-electron chi connectivity index (χ1n) is 5.24. The lowest BCUT2D eigenvalue weighted by Crippen LogP contribution is -2.49. The van der Waals surface area contributed by atoms with Crippen molar-refractivity contribution in [1.29, 1.82) is 0 Å². The molecule has 0 aromatic rings. The topological polar surface area (TPSA) is 32.3 Å². The maximum atomic E-state index is 11.6. The molecule has 3 nitrogen and oxygen atoms in total. The van der Waals surface area contributed by atoms with E-state index in [1.807, 2.05) is 18.7 Å². The number of piperidine rings is 1. The molecule has 82 valence electrons. The van der Waals surface area contributed by atoms with Crippen LogP contribution in [0.1, 0.15) is 26.7 Å². The van der Waals surface area contributed by atoms with E-state index in [4.69, 9.17) is 11.6 Å². The minimum absolute atomic E-state index is 0.0635. The van der Waals surface area contributed by atoms with Crippen LogP contribution in [-0.4, -0.2) is 41.9 Å². The van der Waals surface area contributed by atoms with Crippen LogP contribution in [0, 0.1) is 0 Å². The molecule has 0 aromatic heterocycles. The van der Waals surface area contributed by atoms with Gasteiger partial charge in [0.15, 0.2) is 0 Å². The first-order chi connectivity index (χ1) is 6.66. The minimum Gasteiger partial charge on any atom is -0.336 e. The van der Waals surface area contributed by atoms with Gasteiger partial charge in [0.1, 0.15) is 5.88 Å². The Morgan fingerprint density at radius 2 is 2.07 bits per heavy atom. The van der Waals surface area contributed by atoms with Gasteiger partial charge < -0.3 is 10.2 Å². The van der Waals surface area contributed by atoms with Crippen molar-refractivity contribution in [2.24, 2.45) is 0 Å². The molecule has 0 unspecified atom stereocenters. The monoisotopic (exact) mass is 218 g/mol. The molecule has 1 heterocycles. The van der Waals surface area contributed by atoms with Crippen LogP contribution in [-0.2, 0) is 4.79 Å². The molecule has 0 aromatic carbocycles. The van der Waals surface area contributed by atoms with E-state index < -0.39 is 0 Å². The van der Waals surface area contributed by atoms with Gasteiger partial charge in [-0.05, 0) is 39.8 Å². The van der Waals surface area contributed by atoms with Crippen LogP contribution in [0.2, 0.25) is 0 Å². The SMILES string of the molecule is CC(C)N(C(=O)CCl)C1CCNCC1. The predicted octanol–water partition coefficient (Wildman–Crippen LogP) is 1.21. The summed E-state index contributed by atoms with van der Waals surface area (Å²) in [4.78, 5) is 13.6. The second-order valence-electron chi connectivity index (χ2n) is 4.01. The Hall–Kier alpha value is -0.280. The van der Waals surface area contributed by atoms with Crippen molar-refractivity contribution in [1.82, 2.24) is 10.2 Å². The van der Waals surface area contributed by atoms with Crippen LogP contribution in [0.15, 0.2) is 0 Å². The number of carbonyl (C=O) groups is 1. The van der Waals surface area contributed by atoms with E-state index in [1.165, 1.54) is 0 Å². The van der Waals surface area contributed by atoms with Gasteiger partial charge in [0.05, 0.1) is 0 Å². The summed E-state index contributed by atoms with van der Waals surface area (Å²) in [6.45, 7) is 6.10. The third-order valence-electron chi connectivity index (χ3n) is 2.66. The Bertz CT molecular complexity index is 191. The molecule has 0 bridgehead atoms. The molecule has 14 heavy (non-hydrogen) atoms. The average molecular weight is 219 g/mol. The second kappa shape index (κ2) is 5.56. The van der Waals surface area contributed by atoms with E-state index in [0.29, 0.717) is 6.04 Å². The van der Waals surface area contributed by atoms with Crippen molar-refractivity contribution in [3.05, 3.63) is 0 Å². The summed E-state index contributed by atoms with van der Waals surface area (Å²) in [7, 11) is 0. The zero-order valence-corrected chi connectivity index (χ0v) is 9.68. The van der Waals surface area contributed by atoms with E-state index in [1.54, 1.807) is 0 Å². The summed E-state index contributed by atoms with van der Waals surface area (Å²) in [5.74, 6) is 0.163. The molecule has 0 atom stereocenters. The fourth-order valence-corrected chi connectivity index (χ4v) is 2.21. The highest BCUT2D eigenvalue weighted by molar-refractivity contribution is 6.27.